The van der Waals surface area contributed by atoms with Crippen molar-refractivity contribution in [2.75, 3.05) is 13.2 Å². The van der Waals surface area contributed by atoms with Crippen LogP contribution in [0.3, 0.4) is 0 Å². The van der Waals surface area contributed by atoms with Crippen molar-refractivity contribution in [1.82, 2.24) is 0 Å². The average Bonchev–Trinajstić information content (AvgIpc) is 3.43. The fourth-order valence-electron chi connectivity index (χ4n) is 7.72. The highest BCUT2D eigenvalue weighted by Gasteiger charge is 2.19. The Bertz CT molecular complexity index is 1790. The Hall–Kier alpha value is -5.23. The van der Waals surface area contributed by atoms with E-state index in [0.717, 1.165) is 186 Å². The maximum Gasteiger partial charge on any atom is 0.306 e. The molecule has 0 heterocycles. The summed E-state index contributed by atoms with van der Waals surface area (Å²) in [5.74, 6) is -0.981. The van der Waals surface area contributed by atoms with Crippen LogP contribution in [0.15, 0.2) is 170 Å². The highest BCUT2D eigenvalue weighted by molar-refractivity contribution is 5.71. The number of hydrogen-bond acceptors (Lipinski definition) is 6. The van der Waals surface area contributed by atoms with Gasteiger partial charge < -0.3 is 14.2 Å². The van der Waals surface area contributed by atoms with Crippen molar-refractivity contribution < 1.29 is 28.6 Å². The zero-order valence-corrected chi connectivity index (χ0v) is 49.1. The van der Waals surface area contributed by atoms with E-state index in [1.807, 2.05) is 0 Å². The minimum atomic E-state index is -0.817. The zero-order chi connectivity index (χ0) is 55.7. The van der Waals surface area contributed by atoms with E-state index in [2.05, 4.69) is 191 Å². The third kappa shape index (κ3) is 61.5. The predicted molar refractivity (Wildman–Crippen MR) is 334 cm³/mol. The summed E-state index contributed by atoms with van der Waals surface area (Å²) in [5.41, 5.74) is 0. The van der Waals surface area contributed by atoms with Gasteiger partial charge >= 0.3 is 17.9 Å². The molecule has 0 fully saturated rings. The zero-order valence-electron chi connectivity index (χ0n) is 49.1. The molecule has 0 spiro atoms. The van der Waals surface area contributed by atoms with Gasteiger partial charge in [-0.3, -0.25) is 14.4 Å². The second-order valence-corrected chi connectivity index (χ2v) is 19.5. The van der Waals surface area contributed by atoms with Gasteiger partial charge in [0.15, 0.2) is 6.10 Å². The van der Waals surface area contributed by atoms with Crippen LogP contribution in [-0.2, 0) is 28.6 Å². The van der Waals surface area contributed by atoms with Gasteiger partial charge in [0.05, 0.1) is 0 Å². The van der Waals surface area contributed by atoms with Crippen molar-refractivity contribution in [2.24, 2.45) is 0 Å². The Labute approximate surface area is 472 Å². The summed E-state index contributed by atoms with van der Waals surface area (Å²) in [5, 5.41) is 0. The summed E-state index contributed by atoms with van der Waals surface area (Å²) >= 11 is 0. The molecule has 0 aliphatic carbocycles. The lowest BCUT2D eigenvalue weighted by Gasteiger charge is -2.18. The van der Waals surface area contributed by atoms with Gasteiger partial charge in [0.2, 0.25) is 0 Å². The number of hydrogen-bond donors (Lipinski definition) is 0. The lowest BCUT2D eigenvalue weighted by atomic mass is 10.1. The van der Waals surface area contributed by atoms with E-state index in [9.17, 15) is 14.4 Å². The minimum absolute atomic E-state index is 0.112. The summed E-state index contributed by atoms with van der Waals surface area (Å²) in [6.45, 7) is 6.23. The highest BCUT2D eigenvalue weighted by atomic mass is 16.6. The molecule has 0 N–H and O–H groups in total. The highest BCUT2D eigenvalue weighted by Crippen LogP contribution is 2.13. The van der Waals surface area contributed by atoms with Crippen LogP contribution in [0.4, 0.5) is 0 Å². The first-order valence-corrected chi connectivity index (χ1v) is 30.6. The van der Waals surface area contributed by atoms with Crippen LogP contribution >= 0.6 is 0 Å². The molecular formula is C71H110O6. The minimum Gasteiger partial charge on any atom is -0.462 e. The molecule has 1 unspecified atom stereocenters. The molecule has 0 aliphatic rings. The topological polar surface area (TPSA) is 78.9 Å². The van der Waals surface area contributed by atoms with Crippen molar-refractivity contribution in [2.45, 2.75) is 245 Å². The Kier molecular flexibility index (Phi) is 59.0. The average molecular weight is 1060 g/mol. The molecule has 6 heteroatoms. The molecule has 77 heavy (non-hydrogen) atoms. The first-order valence-electron chi connectivity index (χ1n) is 30.6. The summed E-state index contributed by atoms with van der Waals surface area (Å²) in [4.78, 5) is 38.2. The molecule has 1 atom stereocenters. The van der Waals surface area contributed by atoms with Crippen LogP contribution in [0, 0.1) is 0 Å². The summed E-state index contributed by atoms with van der Waals surface area (Å²) in [6, 6.07) is 0. The van der Waals surface area contributed by atoms with Gasteiger partial charge in [-0.25, -0.2) is 0 Å². The van der Waals surface area contributed by atoms with Crippen molar-refractivity contribution in [3.8, 4) is 0 Å². The predicted octanol–water partition coefficient (Wildman–Crippen LogP) is 21.1. The molecule has 0 aromatic heterocycles. The number of esters is 3. The smallest absolute Gasteiger partial charge is 0.306 e. The van der Waals surface area contributed by atoms with E-state index < -0.39 is 6.10 Å². The van der Waals surface area contributed by atoms with E-state index >= 15 is 0 Å². The number of carbonyl (C=O) groups is 3. The van der Waals surface area contributed by atoms with Gasteiger partial charge in [0.1, 0.15) is 13.2 Å². The molecular weight excluding hydrogens is 949 g/mol. The quantitative estimate of drug-likeness (QED) is 0.0261. The van der Waals surface area contributed by atoms with Crippen molar-refractivity contribution in [3.63, 3.8) is 0 Å². The SMILES string of the molecule is CC/C=C\C/C=C\C/C=C\C/C=C\C/C=C\C/C=C\C/C=C\CCCCCCCC(=O)OCC(COC(=O)CCCCC/C=C\C/C=C\C/C=C\CC)OC(=O)CCCCCCCC/C=C\C/C=C\C/C=C\C/C=C\CC. The van der Waals surface area contributed by atoms with Crippen LogP contribution in [0.25, 0.3) is 0 Å². The lowest BCUT2D eigenvalue weighted by Crippen LogP contribution is -2.30. The number of carbonyl (C=O) groups excluding carboxylic acids is 3. The second-order valence-electron chi connectivity index (χ2n) is 19.5. The molecule has 430 valence electrons. The van der Waals surface area contributed by atoms with E-state index in [1.54, 1.807) is 0 Å². The maximum absolute atomic E-state index is 12.9. The first kappa shape index (κ1) is 71.8. The molecule has 0 saturated heterocycles. The van der Waals surface area contributed by atoms with Crippen LogP contribution in [0.1, 0.15) is 239 Å². The van der Waals surface area contributed by atoms with Crippen molar-refractivity contribution in [1.29, 1.82) is 0 Å². The number of rotatable bonds is 53. The number of unbranched alkanes of at least 4 members (excludes halogenated alkanes) is 14. The lowest BCUT2D eigenvalue weighted by molar-refractivity contribution is -0.167. The van der Waals surface area contributed by atoms with Gasteiger partial charge in [0, 0.05) is 19.3 Å². The van der Waals surface area contributed by atoms with E-state index in [-0.39, 0.29) is 31.1 Å². The molecule has 0 radical (unpaired) electrons. The second kappa shape index (κ2) is 63.3. The third-order valence-corrected chi connectivity index (χ3v) is 12.2. The first-order chi connectivity index (χ1) is 38.0. The van der Waals surface area contributed by atoms with Gasteiger partial charge in [-0.15, -0.1) is 0 Å². The summed E-state index contributed by atoms with van der Waals surface area (Å²) < 4.78 is 16.8. The van der Waals surface area contributed by atoms with Gasteiger partial charge in [-0.05, 0) is 148 Å². The number of allylic oxidation sites excluding steroid dienone is 28. The monoisotopic (exact) mass is 1060 g/mol. The largest absolute Gasteiger partial charge is 0.462 e. The summed E-state index contributed by atoms with van der Waals surface area (Å²) in [7, 11) is 0. The molecule has 0 saturated carbocycles. The number of ether oxygens (including phenoxy) is 3. The van der Waals surface area contributed by atoms with Gasteiger partial charge in [-0.2, -0.15) is 0 Å². The van der Waals surface area contributed by atoms with Crippen LogP contribution in [0.2, 0.25) is 0 Å². The van der Waals surface area contributed by atoms with E-state index in [1.165, 1.54) is 12.8 Å². The van der Waals surface area contributed by atoms with Gasteiger partial charge in [-0.1, -0.05) is 242 Å². The van der Waals surface area contributed by atoms with Crippen LogP contribution < -0.4 is 0 Å². The van der Waals surface area contributed by atoms with E-state index in [0.29, 0.717) is 19.3 Å². The third-order valence-electron chi connectivity index (χ3n) is 12.2. The normalized spacial score (nSPS) is 13.3. The molecule has 0 rings (SSSR count). The molecule has 6 nitrogen and oxygen atoms in total. The molecule has 0 aliphatic heterocycles. The Balaban J connectivity index is 4.46. The molecule has 0 bridgehead atoms. The fraction of sp³-hybridized carbons (Fsp3) is 0.563. The molecule has 0 amide bonds. The van der Waals surface area contributed by atoms with Gasteiger partial charge in [0.25, 0.3) is 0 Å². The van der Waals surface area contributed by atoms with E-state index in [4.69, 9.17) is 14.2 Å². The Morgan fingerprint density at radius 1 is 0.260 bits per heavy atom. The standard InChI is InChI=1S/C71H110O6/c1-4-7-10-13-16-19-22-25-27-29-31-32-33-34-35-36-37-38-40-41-43-46-49-52-55-58-61-64-70(73)76-67-68(66-75-69(72)63-60-57-54-51-48-45-24-21-18-15-12-9-6-3)77-71(74)65-62-59-56-53-50-47-44-42-39-30-28-26-23-20-17-14-11-8-5-2/h7-12,16-21,25-28,31-32,34-35,37-39,41-43,45,48,68H,4-6,13-15,22-24,29-30,33,36,40,44,46-47,49-67H2,1-3H3/b10-7-,11-8-,12-9-,19-16-,20-17-,21-18-,27-25-,28-26-,32-31-,35-34-,38-37-,42-39-,43-41-,48-45-. The fourth-order valence-corrected chi connectivity index (χ4v) is 7.72. The Morgan fingerprint density at radius 2 is 0.468 bits per heavy atom. The maximum atomic E-state index is 12.9. The summed E-state index contributed by atoms with van der Waals surface area (Å²) in [6.07, 6.45) is 93.5. The Morgan fingerprint density at radius 3 is 0.740 bits per heavy atom. The van der Waals surface area contributed by atoms with Crippen molar-refractivity contribution >= 4 is 17.9 Å². The molecule has 0 aromatic rings. The van der Waals surface area contributed by atoms with Crippen LogP contribution in [-0.4, -0.2) is 37.2 Å². The van der Waals surface area contributed by atoms with Crippen molar-refractivity contribution in [3.05, 3.63) is 170 Å². The van der Waals surface area contributed by atoms with Crippen LogP contribution in [0.5, 0.6) is 0 Å². The molecule has 0 aromatic carbocycles.